The minimum absolute atomic E-state index is 0.0810. The normalized spacial score (nSPS) is 16.1. The molecule has 0 saturated carbocycles. The molecule has 1 fully saturated rings. The fourth-order valence-corrected chi connectivity index (χ4v) is 6.70. The molecule has 0 radical (unpaired) electrons. The third-order valence-corrected chi connectivity index (χ3v) is 9.04. The Morgan fingerprint density at radius 1 is 1.00 bits per heavy atom. The molecule has 1 heterocycles. The number of carbonyl (C=O) groups is 1. The van der Waals surface area contributed by atoms with Crippen molar-refractivity contribution in [3.63, 3.8) is 0 Å². The Bertz CT molecular complexity index is 1430. The molecule has 1 aliphatic rings. The zero-order chi connectivity index (χ0) is 30.1. The van der Waals surface area contributed by atoms with Crippen molar-refractivity contribution in [2.75, 3.05) is 35.6 Å². The van der Waals surface area contributed by atoms with E-state index >= 15 is 0 Å². The highest BCUT2D eigenvalue weighted by Crippen LogP contribution is 2.28. The van der Waals surface area contributed by atoms with Crippen molar-refractivity contribution in [3.05, 3.63) is 89.5 Å². The van der Waals surface area contributed by atoms with E-state index in [4.69, 9.17) is 4.74 Å². The second-order valence-electron chi connectivity index (χ2n) is 11.0. The lowest BCUT2D eigenvalue weighted by Gasteiger charge is -2.29. The SMILES string of the molecule is COc1cccc(CNC[C@@H](O)[C@H](Cc2ccccc2)NC(=O)c2cc(NC(C)C)cc(N3CCCCS3(=O)=O)c2)c1. The van der Waals surface area contributed by atoms with E-state index in [0.717, 1.165) is 23.3 Å². The van der Waals surface area contributed by atoms with Crippen LogP contribution in [0.5, 0.6) is 5.75 Å². The molecule has 1 saturated heterocycles. The predicted molar refractivity (Wildman–Crippen MR) is 168 cm³/mol. The van der Waals surface area contributed by atoms with E-state index in [0.29, 0.717) is 42.9 Å². The van der Waals surface area contributed by atoms with Gasteiger partial charge in [-0.15, -0.1) is 0 Å². The molecule has 1 aliphatic heterocycles. The summed E-state index contributed by atoms with van der Waals surface area (Å²) in [4.78, 5) is 13.7. The molecule has 9 nitrogen and oxygen atoms in total. The first-order valence-corrected chi connectivity index (χ1v) is 16.0. The largest absolute Gasteiger partial charge is 0.497 e. The predicted octanol–water partition coefficient (Wildman–Crippen LogP) is 3.94. The van der Waals surface area contributed by atoms with Crippen LogP contribution in [0.4, 0.5) is 11.4 Å². The third-order valence-electron chi connectivity index (χ3n) is 7.17. The first-order valence-electron chi connectivity index (χ1n) is 14.4. The Hall–Kier alpha value is -3.60. The number of nitrogens with one attached hydrogen (secondary N) is 3. The van der Waals surface area contributed by atoms with Crippen LogP contribution in [0, 0.1) is 0 Å². The van der Waals surface area contributed by atoms with Crippen LogP contribution in [-0.2, 0) is 23.0 Å². The van der Waals surface area contributed by atoms with Gasteiger partial charge in [0.15, 0.2) is 0 Å². The highest BCUT2D eigenvalue weighted by atomic mass is 32.2. The van der Waals surface area contributed by atoms with Gasteiger partial charge in [-0.25, -0.2) is 8.42 Å². The summed E-state index contributed by atoms with van der Waals surface area (Å²) in [6.45, 7) is 5.12. The summed E-state index contributed by atoms with van der Waals surface area (Å²) in [6, 6.07) is 22.0. The van der Waals surface area contributed by atoms with E-state index in [9.17, 15) is 18.3 Å². The zero-order valence-electron chi connectivity index (χ0n) is 24.5. The fraction of sp³-hybridized carbons (Fsp3) is 0.406. The van der Waals surface area contributed by atoms with Crippen LogP contribution in [0.3, 0.4) is 0 Å². The summed E-state index contributed by atoms with van der Waals surface area (Å²) < 4.78 is 32.4. The van der Waals surface area contributed by atoms with E-state index in [2.05, 4.69) is 16.0 Å². The van der Waals surface area contributed by atoms with Gasteiger partial charge in [0.25, 0.3) is 5.91 Å². The molecule has 226 valence electrons. The lowest BCUT2D eigenvalue weighted by molar-refractivity contribution is 0.0830. The minimum Gasteiger partial charge on any atom is -0.497 e. The summed E-state index contributed by atoms with van der Waals surface area (Å²) >= 11 is 0. The monoisotopic (exact) mass is 594 g/mol. The number of anilines is 2. The number of methoxy groups -OCH3 is 1. The van der Waals surface area contributed by atoms with Crippen molar-refractivity contribution in [3.8, 4) is 5.75 Å². The van der Waals surface area contributed by atoms with Gasteiger partial charge in [0.05, 0.1) is 30.7 Å². The maximum atomic E-state index is 13.7. The molecule has 4 N–H and O–H groups in total. The van der Waals surface area contributed by atoms with Gasteiger partial charge in [0, 0.05) is 36.9 Å². The van der Waals surface area contributed by atoms with E-state index in [1.165, 1.54) is 4.31 Å². The molecular weight excluding hydrogens is 552 g/mol. The van der Waals surface area contributed by atoms with Crippen LogP contribution >= 0.6 is 0 Å². The lowest BCUT2D eigenvalue weighted by atomic mass is 10.00. The number of aliphatic hydroxyl groups excluding tert-OH is 1. The Morgan fingerprint density at radius 3 is 2.48 bits per heavy atom. The average molecular weight is 595 g/mol. The van der Waals surface area contributed by atoms with Gasteiger partial charge in [0.2, 0.25) is 10.0 Å². The quantitative estimate of drug-likeness (QED) is 0.237. The smallest absolute Gasteiger partial charge is 0.251 e. The molecule has 2 atom stereocenters. The molecule has 0 unspecified atom stereocenters. The molecule has 0 aliphatic carbocycles. The molecule has 0 aromatic heterocycles. The van der Waals surface area contributed by atoms with Crippen LogP contribution in [0.15, 0.2) is 72.8 Å². The van der Waals surface area contributed by atoms with Crippen LogP contribution in [0.2, 0.25) is 0 Å². The summed E-state index contributed by atoms with van der Waals surface area (Å²) in [5.41, 5.74) is 3.44. The number of aliphatic hydroxyl groups is 1. The van der Waals surface area contributed by atoms with Gasteiger partial charge in [0.1, 0.15) is 5.75 Å². The van der Waals surface area contributed by atoms with Crippen molar-refractivity contribution >= 4 is 27.3 Å². The maximum Gasteiger partial charge on any atom is 0.251 e. The molecule has 0 spiro atoms. The minimum atomic E-state index is -3.46. The van der Waals surface area contributed by atoms with Gasteiger partial charge >= 0.3 is 0 Å². The summed E-state index contributed by atoms with van der Waals surface area (Å²) in [6.07, 6.45) is 0.919. The molecule has 10 heteroatoms. The molecule has 1 amide bonds. The number of sulfonamides is 1. The van der Waals surface area contributed by atoms with Crippen LogP contribution < -0.4 is 25.0 Å². The number of benzene rings is 3. The number of hydrogen-bond donors (Lipinski definition) is 4. The molecular formula is C32H42N4O5S. The number of ether oxygens (including phenoxy) is 1. The van der Waals surface area contributed by atoms with Gasteiger partial charge < -0.3 is 25.8 Å². The standard InChI is InChI=1S/C32H42N4O5S/c1-23(2)34-27-18-26(19-28(20-27)36-14-7-8-15-42(36,39)40)32(38)35-30(17-24-10-5-4-6-11-24)31(37)22-33-21-25-12-9-13-29(16-25)41-3/h4-6,9-13,16,18-20,23,30-31,33-34,37H,7-8,14-15,17,21-22H2,1-3H3,(H,35,38)/t30-,31+/m0/s1. The first kappa shape index (κ1) is 31.3. The zero-order valence-corrected chi connectivity index (χ0v) is 25.4. The molecule has 3 aromatic rings. The van der Waals surface area contributed by atoms with Crippen LogP contribution in [0.1, 0.15) is 48.2 Å². The highest BCUT2D eigenvalue weighted by Gasteiger charge is 2.28. The average Bonchev–Trinajstić information content (AvgIpc) is 2.96. The van der Waals surface area contributed by atoms with Gasteiger partial charge in [-0.2, -0.15) is 0 Å². The topological polar surface area (TPSA) is 120 Å². The van der Waals surface area contributed by atoms with Gasteiger partial charge in [-0.05, 0) is 74.6 Å². The van der Waals surface area contributed by atoms with Gasteiger partial charge in [-0.1, -0.05) is 42.5 Å². The van der Waals surface area contributed by atoms with Crippen molar-refractivity contribution in [1.29, 1.82) is 0 Å². The van der Waals surface area contributed by atoms with Gasteiger partial charge in [-0.3, -0.25) is 9.10 Å². The van der Waals surface area contributed by atoms with E-state index in [1.807, 2.05) is 68.4 Å². The molecule has 42 heavy (non-hydrogen) atoms. The molecule has 3 aromatic carbocycles. The van der Waals surface area contributed by atoms with Crippen molar-refractivity contribution < 1.29 is 23.1 Å². The number of rotatable bonds is 13. The Balaban J connectivity index is 1.54. The van der Waals surface area contributed by atoms with Crippen LogP contribution in [-0.4, -0.2) is 63.6 Å². The van der Waals surface area contributed by atoms with E-state index < -0.39 is 22.2 Å². The number of amides is 1. The second-order valence-corrected chi connectivity index (χ2v) is 13.0. The fourth-order valence-electron chi connectivity index (χ4n) is 5.07. The highest BCUT2D eigenvalue weighted by molar-refractivity contribution is 7.92. The summed E-state index contributed by atoms with van der Waals surface area (Å²) in [5.74, 6) is 0.464. The van der Waals surface area contributed by atoms with Crippen molar-refractivity contribution in [2.24, 2.45) is 0 Å². The Labute approximate surface area is 249 Å². The maximum absolute atomic E-state index is 13.7. The molecule has 0 bridgehead atoms. The first-order chi connectivity index (χ1) is 20.1. The molecule has 4 rings (SSSR count). The summed E-state index contributed by atoms with van der Waals surface area (Å²) in [7, 11) is -1.84. The van der Waals surface area contributed by atoms with Crippen molar-refractivity contribution in [1.82, 2.24) is 10.6 Å². The Kier molecular flexibility index (Phi) is 10.8. The second kappa shape index (κ2) is 14.5. The number of hydrogen-bond acceptors (Lipinski definition) is 7. The van der Waals surface area contributed by atoms with Crippen molar-refractivity contribution in [2.45, 2.75) is 57.8 Å². The van der Waals surface area contributed by atoms with Crippen LogP contribution in [0.25, 0.3) is 0 Å². The summed E-state index contributed by atoms with van der Waals surface area (Å²) in [5, 5.41) is 20.9. The van der Waals surface area contributed by atoms with E-state index in [1.54, 1.807) is 25.3 Å². The number of nitrogens with zero attached hydrogens (tertiary/aromatic N) is 1. The lowest BCUT2D eigenvalue weighted by Crippen LogP contribution is -2.48. The van der Waals surface area contributed by atoms with E-state index in [-0.39, 0.29) is 24.2 Å². The third kappa shape index (κ3) is 8.70. The number of carbonyl (C=O) groups excluding carboxylic acids is 1. The Morgan fingerprint density at radius 2 is 1.76 bits per heavy atom.